The summed E-state index contributed by atoms with van der Waals surface area (Å²) in [5.74, 6) is -2.01. The second kappa shape index (κ2) is 9.23. The van der Waals surface area contributed by atoms with Gasteiger partial charge in [0.05, 0.1) is 24.0 Å². The number of amides is 1. The Hall–Kier alpha value is -1.78. The van der Waals surface area contributed by atoms with Crippen molar-refractivity contribution in [2.45, 2.75) is 75.3 Å². The average Bonchev–Trinajstić information content (AvgIpc) is 3.12. The topological polar surface area (TPSA) is 84.9 Å². The summed E-state index contributed by atoms with van der Waals surface area (Å²) in [4.78, 5) is 14.5. The first-order valence-corrected chi connectivity index (χ1v) is 12.7. The Kier molecular flexibility index (Phi) is 6.74. The van der Waals surface area contributed by atoms with Crippen LogP contribution in [0.3, 0.4) is 0 Å². The standard InChI is InChI=1S/C22H30F2N2O5S/c1-13(2)32(28,29)25-19-7-8-26-20(19)11-30-16-5-3-14(4-6-16)17-9-15(23)10-18(24)22(17)31-12-21(26)27/h9-10,13-14,16,19-20,25H,3-8,11-12H2,1-2H3/t14-,16+,19-,20?/m0/s1. The zero-order valence-electron chi connectivity index (χ0n) is 18.4. The number of hydrogen-bond acceptors (Lipinski definition) is 5. The number of carbonyl (C=O) groups excluding carboxylic acids is 1. The van der Waals surface area contributed by atoms with Gasteiger partial charge in [0.25, 0.3) is 5.91 Å². The molecule has 0 radical (unpaired) electrons. The molecule has 3 aliphatic heterocycles. The first-order valence-electron chi connectivity index (χ1n) is 11.2. The van der Waals surface area contributed by atoms with Crippen molar-refractivity contribution in [2.24, 2.45) is 0 Å². The normalized spacial score (nSPS) is 29.0. The number of nitrogens with one attached hydrogen (secondary N) is 1. The summed E-state index contributed by atoms with van der Waals surface area (Å²) in [5.41, 5.74) is 0.452. The lowest BCUT2D eigenvalue weighted by Gasteiger charge is -2.32. The van der Waals surface area contributed by atoms with E-state index < -0.39 is 45.6 Å². The molecule has 1 unspecified atom stereocenters. The Morgan fingerprint density at radius 2 is 1.84 bits per heavy atom. The molecule has 1 aromatic rings. The zero-order chi connectivity index (χ0) is 23.0. The third kappa shape index (κ3) is 4.77. The molecule has 0 aromatic heterocycles. The summed E-state index contributed by atoms with van der Waals surface area (Å²) in [6.45, 7) is 3.34. The van der Waals surface area contributed by atoms with E-state index in [2.05, 4.69) is 4.72 Å². The van der Waals surface area contributed by atoms with Gasteiger partial charge in [0.2, 0.25) is 10.0 Å². The second-order valence-corrected chi connectivity index (χ2v) is 11.4. The fourth-order valence-corrected chi connectivity index (χ4v) is 5.85. The van der Waals surface area contributed by atoms with Crippen molar-refractivity contribution in [1.29, 1.82) is 0 Å². The zero-order valence-corrected chi connectivity index (χ0v) is 19.2. The molecular formula is C22H30F2N2O5S. The number of sulfonamides is 1. The van der Waals surface area contributed by atoms with E-state index in [9.17, 15) is 22.0 Å². The van der Waals surface area contributed by atoms with Gasteiger partial charge in [0, 0.05) is 24.2 Å². The third-order valence-electron chi connectivity index (χ3n) is 6.80. The maximum absolute atomic E-state index is 14.6. The van der Waals surface area contributed by atoms with E-state index in [1.165, 1.54) is 6.07 Å². The molecule has 4 aliphatic rings. The summed E-state index contributed by atoms with van der Waals surface area (Å²) in [5, 5.41) is -0.596. The van der Waals surface area contributed by atoms with Crippen LogP contribution in [0, 0.1) is 11.6 Å². The van der Waals surface area contributed by atoms with Crippen molar-refractivity contribution in [1.82, 2.24) is 9.62 Å². The van der Waals surface area contributed by atoms with E-state index in [1.807, 2.05) is 0 Å². The van der Waals surface area contributed by atoms with Crippen LogP contribution in [0.15, 0.2) is 12.1 Å². The molecule has 1 aliphatic carbocycles. The van der Waals surface area contributed by atoms with Crippen LogP contribution in [0.1, 0.15) is 57.4 Å². The van der Waals surface area contributed by atoms with Gasteiger partial charge in [0.15, 0.2) is 18.2 Å². The van der Waals surface area contributed by atoms with Crippen LogP contribution >= 0.6 is 0 Å². The lowest BCUT2D eigenvalue weighted by Crippen LogP contribution is -2.51. The third-order valence-corrected chi connectivity index (χ3v) is 8.67. The van der Waals surface area contributed by atoms with Crippen LogP contribution in [0.2, 0.25) is 0 Å². The minimum Gasteiger partial charge on any atom is -0.480 e. The molecule has 1 aromatic carbocycles. The van der Waals surface area contributed by atoms with Gasteiger partial charge in [0.1, 0.15) is 5.82 Å². The Morgan fingerprint density at radius 1 is 1.12 bits per heavy atom. The van der Waals surface area contributed by atoms with Crippen LogP contribution in [0.25, 0.3) is 0 Å². The van der Waals surface area contributed by atoms with Gasteiger partial charge in [-0.15, -0.1) is 0 Å². The molecule has 7 nitrogen and oxygen atoms in total. The summed E-state index contributed by atoms with van der Waals surface area (Å²) in [7, 11) is -3.53. The number of halogens is 2. The fourth-order valence-electron chi connectivity index (χ4n) is 4.88. The van der Waals surface area contributed by atoms with Crippen molar-refractivity contribution in [3.8, 4) is 5.75 Å². The first-order chi connectivity index (χ1) is 15.2. The number of benzene rings is 1. The van der Waals surface area contributed by atoms with E-state index in [0.29, 0.717) is 44.2 Å². The maximum Gasteiger partial charge on any atom is 0.260 e. The van der Waals surface area contributed by atoms with E-state index in [4.69, 9.17) is 9.47 Å². The highest BCUT2D eigenvalue weighted by molar-refractivity contribution is 7.90. The Morgan fingerprint density at radius 3 is 2.53 bits per heavy atom. The molecule has 10 heteroatoms. The quantitative estimate of drug-likeness (QED) is 0.731. The van der Waals surface area contributed by atoms with Crippen LogP contribution in [0.5, 0.6) is 5.75 Å². The summed E-state index contributed by atoms with van der Waals surface area (Å²) in [6, 6.07) is 1.12. The van der Waals surface area contributed by atoms with Gasteiger partial charge in [-0.05, 0) is 57.9 Å². The summed E-state index contributed by atoms with van der Waals surface area (Å²) < 4.78 is 67.9. The van der Waals surface area contributed by atoms with E-state index in [0.717, 1.165) is 6.07 Å². The Balaban J connectivity index is 1.62. The van der Waals surface area contributed by atoms with E-state index in [-0.39, 0.29) is 30.3 Å². The minimum atomic E-state index is -3.53. The maximum atomic E-state index is 14.6. The molecular weight excluding hydrogens is 442 g/mol. The molecule has 2 atom stereocenters. The van der Waals surface area contributed by atoms with Crippen molar-refractivity contribution < 1.29 is 31.5 Å². The van der Waals surface area contributed by atoms with Crippen LogP contribution < -0.4 is 9.46 Å². The number of nitrogens with zero attached hydrogens (tertiary/aromatic N) is 1. The predicted octanol–water partition coefficient (Wildman–Crippen LogP) is 2.70. The molecule has 2 bridgehead atoms. The molecule has 2 fully saturated rings. The number of fused-ring (bicyclic) bond motifs is 5. The molecule has 1 saturated carbocycles. The average molecular weight is 473 g/mol. The highest BCUT2D eigenvalue weighted by Gasteiger charge is 2.41. The summed E-state index contributed by atoms with van der Waals surface area (Å²) >= 11 is 0. The van der Waals surface area contributed by atoms with Crippen molar-refractivity contribution in [2.75, 3.05) is 19.8 Å². The number of rotatable bonds is 3. The molecule has 0 spiro atoms. The van der Waals surface area contributed by atoms with Gasteiger partial charge in [-0.1, -0.05) is 0 Å². The SMILES string of the molecule is CC(C)S(=O)(=O)N[C@H]1CCN2C(=O)COc3c(F)cc(F)cc3[C@H]3CC[C@H](CC3)OCC12. The fraction of sp³-hybridized carbons (Fsp3) is 0.682. The van der Waals surface area contributed by atoms with Crippen molar-refractivity contribution in [3.05, 3.63) is 29.3 Å². The lowest BCUT2D eigenvalue weighted by molar-refractivity contribution is -0.136. The van der Waals surface area contributed by atoms with E-state index in [1.54, 1.807) is 18.7 Å². The van der Waals surface area contributed by atoms with E-state index >= 15 is 0 Å². The molecule has 1 N–H and O–H groups in total. The van der Waals surface area contributed by atoms with Gasteiger partial charge in [-0.3, -0.25) is 4.79 Å². The number of carbonyl (C=O) groups is 1. The Labute approximate surface area is 187 Å². The second-order valence-electron chi connectivity index (χ2n) is 9.16. The van der Waals surface area contributed by atoms with Crippen molar-refractivity contribution >= 4 is 15.9 Å². The Bertz CT molecular complexity index is 963. The lowest BCUT2D eigenvalue weighted by atomic mass is 9.82. The monoisotopic (exact) mass is 472 g/mol. The van der Waals surface area contributed by atoms with Crippen LogP contribution in [-0.2, 0) is 19.6 Å². The molecule has 3 heterocycles. The van der Waals surface area contributed by atoms with Gasteiger partial charge in [-0.25, -0.2) is 21.9 Å². The first kappa shape index (κ1) is 23.4. The smallest absolute Gasteiger partial charge is 0.260 e. The highest BCUT2D eigenvalue weighted by Crippen LogP contribution is 2.40. The van der Waals surface area contributed by atoms with Gasteiger partial charge < -0.3 is 14.4 Å². The summed E-state index contributed by atoms with van der Waals surface area (Å²) in [6.07, 6.45) is 3.21. The largest absolute Gasteiger partial charge is 0.480 e. The molecule has 178 valence electrons. The van der Waals surface area contributed by atoms with Gasteiger partial charge >= 0.3 is 0 Å². The number of hydrogen-bond donors (Lipinski definition) is 1. The van der Waals surface area contributed by atoms with Gasteiger partial charge in [-0.2, -0.15) is 0 Å². The van der Waals surface area contributed by atoms with Crippen molar-refractivity contribution in [3.63, 3.8) is 0 Å². The van der Waals surface area contributed by atoms with Crippen LogP contribution in [-0.4, -0.2) is 62.4 Å². The van der Waals surface area contributed by atoms with Crippen LogP contribution in [0.4, 0.5) is 8.78 Å². The predicted molar refractivity (Wildman–Crippen MR) is 114 cm³/mol. The minimum absolute atomic E-state index is 0.0466. The number of ether oxygens (including phenoxy) is 2. The molecule has 32 heavy (non-hydrogen) atoms. The molecule has 5 rings (SSSR count). The highest BCUT2D eigenvalue weighted by atomic mass is 32.2. The molecule has 1 saturated heterocycles. The molecule has 1 amide bonds.